The lowest BCUT2D eigenvalue weighted by atomic mass is 10.0. The van der Waals surface area contributed by atoms with Crippen molar-refractivity contribution in [1.82, 2.24) is 19.5 Å². The number of fused-ring (bicyclic) bond motifs is 1. The zero-order valence-electron chi connectivity index (χ0n) is 22.7. The molecular formula is C28H39N5O5S. The van der Waals surface area contributed by atoms with E-state index >= 15 is 0 Å². The number of carboxylic acid groups (broad SMARTS) is 1. The standard InChI is InChI=1S/C28H39N5O5S/c1-20-8-12-24(13-9-20)39(37,38)33-18-22(19-33)27(34)31-25(28(35)36)14-17-32(2)16-4-3-7-23-11-10-21-6-5-15-29-26(21)30-23/h8-13,22,25H,3-7,14-19H2,1-2H3,(H,29,30)(H,31,34)(H,35,36). The maximum absolute atomic E-state index is 12.7. The monoisotopic (exact) mass is 557 g/mol. The molecule has 1 aromatic heterocycles. The van der Waals surface area contributed by atoms with Crippen molar-refractivity contribution in [2.45, 2.75) is 56.4 Å². The Morgan fingerprint density at radius 3 is 2.62 bits per heavy atom. The van der Waals surface area contributed by atoms with Crippen LogP contribution in [0, 0.1) is 12.8 Å². The highest BCUT2D eigenvalue weighted by atomic mass is 32.2. The molecule has 212 valence electrons. The Morgan fingerprint density at radius 1 is 1.15 bits per heavy atom. The molecule has 0 radical (unpaired) electrons. The second kappa shape index (κ2) is 12.9. The summed E-state index contributed by atoms with van der Waals surface area (Å²) in [6.45, 7) is 4.28. The number of nitrogens with one attached hydrogen (secondary N) is 2. The molecule has 1 atom stereocenters. The quantitative estimate of drug-likeness (QED) is 0.320. The highest BCUT2D eigenvalue weighted by Gasteiger charge is 2.41. The third-order valence-electron chi connectivity index (χ3n) is 7.47. The highest BCUT2D eigenvalue weighted by molar-refractivity contribution is 7.89. The Kier molecular flexibility index (Phi) is 9.58. The molecule has 3 N–H and O–H groups in total. The first kappa shape index (κ1) is 29.0. The summed E-state index contributed by atoms with van der Waals surface area (Å²) in [5, 5.41) is 15.6. The predicted octanol–water partition coefficient (Wildman–Crippen LogP) is 2.28. The number of aromatic nitrogens is 1. The van der Waals surface area contributed by atoms with E-state index in [2.05, 4.69) is 27.7 Å². The molecule has 0 saturated carbocycles. The predicted molar refractivity (Wildman–Crippen MR) is 149 cm³/mol. The molecule has 0 spiro atoms. The zero-order chi connectivity index (χ0) is 28.0. The maximum Gasteiger partial charge on any atom is 0.326 e. The first-order chi connectivity index (χ1) is 18.6. The molecule has 0 bridgehead atoms. The summed E-state index contributed by atoms with van der Waals surface area (Å²) in [6, 6.07) is 9.82. The molecule has 39 heavy (non-hydrogen) atoms. The first-order valence-electron chi connectivity index (χ1n) is 13.6. The zero-order valence-corrected chi connectivity index (χ0v) is 23.5. The van der Waals surface area contributed by atoms with E-state index in [1.54, 1.807) is 24.3 Å². The Labute approximate surface area is 230 Å². The number of carboxylic acids is 1. The molecule has 1 saturated heterocycles. The van der Waals surface area contributed by atoms with E-state index in [9.17, 15) is 23.1 Å². The van der Waals surface area contributed by atoms with Gasteiger partial charge in [0.15, 0.2) is 0 Å². The van der Waals surface area contributed by atoms with Gasteiger partial charge >= 0.3 is 5.97 Å². The number of aryl methyl sites for hydroxylation is 3. The number of sulfonamides is 1. The lowest BCUT2D eigenvalue weighted by Gasteiger charge is -2.37. The smallest absolute Gasteiger partial charge is 0.326 e. The number of carbonyl (C=O) groups excluding carboxylic acids is 1. The van der Waals surface area contributed by atoms with E-state index in [-0.39, 0.29) is 24.4 Å². The number of pyridine rings is 1. The maximum atomic E-state index is 12.7. The van der Waals surface area contributed by atoms with Crippen LogP contribution in [-0.4, -0.2) is 85.4 Å². The van der Waals surface area contributed by atoms with Gasteiger partial charge in [-0.3, -0.25) is 4.79 Å². The van der Waals surface area contributed by atoms with Gasteiger partial charge in [0.2, 0.25) is 15.9 Å². The van der Waals surface area contributed by atoms with Gasteiger partial charge in [0, 0.05) is 31.9 Å². The molecule has 0 aliphatic carbocycles. The van der Waals surface area contributed by atoms with Crippen LogP contribution in [0.25, 0.3) is 0 Å². The average molecular weight is 558 g/mol. The van der Waals surface area contributed by atoms with Gasteiger partial charge in [0.25, 0.3) is 0 Å². The van der Waals surface area contributed by atoms with Crippen LogP contribution in [0.4, 0.5) is 5.82 Å². The van der Waals surface area contributed by atoms with Crippen molar-refractivity contribution in [2.75, 3.05) is 45.1 Å². The van der Waals surface area contributed by atoms with Crippen LogP contribution >= 0.6 is 0 Å². The molecule has 1 fully saturated rings. The summed E-state index contributed by atoms with van der Waals surface area (Å²) in [7, 11) is -1.72. The molecule has 2 aliphatic rings. The molecule has 1 amide bonds. The summed E-state index contributed by atoms with van der Waals surface area (Å²) < 4.78 is 26.7. The summed E-state index contributed by atoms with van der Waals surface area (Å²) in [4.78, 5) is 31.4. The van der Waals surface area contributed by atoms with E-state index in [0.717, 1.165) is 62.3 Å². The second-order valence-corrected chi connectivity index (χ2v) is 12.6. The van der Waals surface area contributed by atoms with Crippen LogP contribution in [0.1, 0.15) is 42.5 Å². The van der Waals surface area contributed by atoms with Gasteiger partial charge in [-0.15, -0.1) is 0 Å². The molecule has 3 heterocycles. The lowest BCUT2D eigenvalue weighted by Crippen LogP contribution is -2.57. The van der Waals surface area contributed by atoms with Crippen molar-refractivity contribution in [3.05, 3.63) is 53.2 Å². The fourth-order valence-electron chi connectivity index (χ4n) is 4.86. The van der Waals surface area contributed by atoms with Gasteiger partial charge < -0.3 is 20.6 Å². The SMILES string of the molecule is Cc1ccc(S(=O)(=O)N2CC(C(=O)NC(CCN(C)CCCCc3ccc4c(n3)NCCC4)C(=O)O)C2)cc1. The topological polar surface area (TPSA) is 132 Å². The van der Waals surface area contributed by atoms with Crippen LogP contribution in [0.2, 0.25) is 0 Å². The van der Waals surface area contributed by atoms with E-state index in [1.807, 2.05) is 14.0 Å². The van der Waals surface area contributed by atoms with Crippen molar-refractivity contribution in [2.24, 2.45) is 5.92 Å². The number of nitrogens with zero attached hydrogens (tertiary/aromatic N) is 3. The summed E-state index contributed by atoms with van der Waals surface area (Å²) in [6.07, 6.45) is 5.33. The fraction of sp³-hybridized carbons (Fsp3) is 0.536. The minimum Gasteiger partial charge on any atom is -0.480 e. The number of rotatable bonds is 13. The largest absolute Gasteiger partial charge is 0.480 e. The molecule has 4 rings (SSSR count). The van der Waals surface area contributed by atoms with Crippen molar-refractivity contribution in [1.29, 1.82) is 0 Å². The Bertz CT molecular complexity index is 1260. The van der Waals surface area contributed by atoms with Gasteiger partial charge in [-0.2, -0.15) is 4.31 Å². The van der Waals surface area contributed by atoms with Gasteiger partial charge in [-0.1, -0.05) is 23.8 Å². The summed E-state index contributed by atoms with van der Waals surface area (Å²) >= 11 is 0. The van der Waals surface area contributed by atoms with Gasteiger partial charge in [-0.05, 0) is 82.8 Å². The molecular weight excluding hydrogens is 518 g/mol. The number of aliphatic carboxylic acids is 1. The van der Waals surface area contributed by atoms with Crippen molar-refractivity contribution < 1.29 is 23.1 Å². The number of benzene rings is 1. The lowest BCUT2D eigenvalue weighted by molar-refractivity contribution is -0.143. The van der Waals surface area contributed by atoms with Crippen LogP contribution in [0.15, 0.2) is 41.3 Å². The van der Waals surface area contributed by atoms with Gasteiger partial charge in [-0.25, -0.2) is 18.2 Å². The van der Waals surface area contributed by atoms with Crippen molar-refractivity contribution in [3.63, 3.8) is 0 Å². The van der Waals surface area contributed by atoms with E-state index in [1.165, 1.54) is 9.87 Å². The van der Waals surface area contributed by atoms with E-state index in [4.69, 9.17) is 4.98 Å². The van der Waals surface area contributed by atoms with E-state index < -0.39 is 33.9 Å². The fourth-order valence-corrected chi connectivity index (χ4v) is 6.39. The van der Waals surface area contributed by atoms with Crippen LogP contribution in [0.3, 0.4) is 0 Å². The highest BCUT2D eigenvalue weighted by Crippen LogP contribution is 2.26. The molecule has 1 unspecified atom stereocenters. The Hall–Kier alpha value is -3.02. The Morgan fingerprint density at radius 2 is 1.90 bits per heavy atom. The van der Waals surface area contributed by atoms with Crippen LogP contribution < -0.4 is 10.6 Å². The minimum absolute atomic E-state index is 0.0451. The summed E-state index contributed by atoms with van der Waals surface area (Å²) in [5.74, 6) is -1.06. The number of carbonyl (C=O) groups is 2. The average Bonchev–Trinajstić information content (AvgIpc) is 2.88. The number of amides is 1. The molecule has 2 aliphatic heterocycles. The molecule has 11 heteroatoms. The minimum atomic E-state index is -3.66. The third-order valence-corrected chi connectivity index (χ3v) is 9.31. The van der Waals surface area contributed by atoms with E-state index in [0.29, 0.717) is 6.54 Å². The normalized spacial score (nSPS) is 16.7. The summed E-state index contributed by atoms with van der Waals surface area (Å²) in [5.41, 5.74) is 3.33. The van der Waals surface area contributed by atoms with Gasteiger partial charge in [0.1, 0.15) is 11.9 Å². The second-order valence-electron chi connectivity index (χ2n) is 10.6. The number of hydrogen-bond acceptors (Lipinski definition) is 7. The van der Waals surface area contributed by atoms with Crippen LogP contribution in [0.5, 0.6) is 0 Å². The van der Waals surface area contributed by atoms with Gasteiger partial charge in [0.05, 0.1) is 10.8 Å². The first-order valence-corrected chi connectivity index (χ1v) is 15.1. The molecule has 1 aromatic carbocycles. The number of unbranched alkanes of at least 4 members (excludes halogenated alkanes) is 1. The third kappa shape index (κ3) is 7.55. The molecule has 10 nitrogen and oxygen atoms in total. The van der Waals surface area contributed by atoms with Crippen molar-refractivity contribution in [3.8, 4) is 0 Å². The molecule has 2 aromatic rings. The number of anilines is 1. The Balaban J connectivity index is 1.16. The van der Waals surface area contributed by atoms with Crippen molar-refractivity contribution >= 4 is 27.7 Å². The van der Waals surface area contributed by atoms with Crippen LogP contribution in [-0.2, 0) is 32.5 Å². The number of hydrogen-bond donors (Lipinski definition) is 3.